The summed E-state index contributed by atoms with van der Waals surface area (Å²) in [5.74, 6) is -1.03. The van der Waals surface area contributed by atoms with Gasteiger partial charge >= 0.3 is 0 Å². The van der Waals surface area contributed by atoms with Gasteiger partial charge in [0.2, 0.25) is 15.9 Å². The molecule has 0 aliphatic heterocycles. The number of benzene rings is 2. The van der Waals surface area contributed by atoms with Gasteiger partial charge in [0, 0.05) is 10.7 Å². The fraction of sp³-hybridized carbons (Fsp3) is 0.188. The van der Waals surface area contributed by atoms with Crippen molar-refractivity contribution < 1.29 is 17.6 Å². The minimum absolute atomic E-state index is 0.205. The number of amides is 1. The first kappa shape index (κ1) is 18.2. The number of hydrogen-bond donors (Lipinski definition) is 1. The Hall–Kier alpha value is -2.12. The van der Waals surface area contributed by atoms with Crippen LogP contribution < -0.4 is 9.62 Å². The van der Waals surface area contributed by atoms with Crippen LogP contribution in [0, 0.1) is 12.7 Å². The Morgan fingerprint density at radius 3 is 2.42 bits per heavy atom. The van der Waals surface area contributed by atoms with Crippen molar-refractivity contribution in [3.8, 4) is 0 Å². The van der Waals surface area contributed by atoms with Gasteiger partial charge in [0.1, 0.15) is 12.4 Å². The zero-order chi connectivity index (χ0) is 17.9. The number of rotatable bonds is 5. The Kier molecular flexibility index (Phi) is 5.46. The molecule has 0 saturated carbocycles. The molecule has 0 unspecified atom stereocenters. The highest BCUT2D eigenvalue weighted by atomic mass is 35.5. The number of hydrogen-bond acceptors (Lipinski definition) is 3. The maximum atomic E-state index is 13.0. The van der Waals surface area contributed by atoms with Crippen molar-refractivity contribution in [2.75, 3.05) is 22.4 Å². The molecule has 0 aliphatic rings. The van der Waals surface area contributed by atoms with Gasteiger partial charge in [-0.15, -0.1) is 0 Å². The van der Waals surface area contributed by atoms with Gasteiger partial charge in [0.25, 0.3) is 0 Å². The summed E-state index contributed by atoms with van der Waals surface area (Å²) in [7, 11) is -3.71. The lowest BCUT2D eigenvalue weighted by atomic mass is 10.2. The van der Waals surface area contributed by atoms with Gasteiger partial charge in [-0.25, -0.2) is 12.8 Å². The molecule has 0 atom stereocenters. The van der Waals surface area contributed by atoms with E-state index in [2.05, 4.69) is 5.32 Å². The van der Waals surface area contributed by atoms with E-state index in [-0.39, 0.29) is 5.69 Å². The third-order valence-electron chi connectivity index (χ3n) is 3.34. The van der Waals surface area contributed by atoms with Crippen molar-refractivity contribution in [2.24, 2.45) is 0 Å². The predicted octanol–water partition coefficient (Wildman–Crippen LogP) is 3.19. The number of halogens is 2. The quantitative estimate of drug-likeness (QED) is 0.878. The summed E-state index contributed by atoms with van der Waals surface area (Å²) in [4.78, 5) is 12.2. The van der Waals surface area contributed by atoms with E-state index >= 15 is 0 Å². The van der Waals surface area contributed by atoms with Gasteiger partial charge < -0.3 is 5.32 Å². The third-order valence-corrected chi connectivity index (χ3v) is 4.89. The molecule has 0 radical (unpaired) electrons. The minimum Gasteiger partial charge on any atom is -0.324 e. The van der Waals surface area contributed by atoms with E-state index in [9.17, 15) is 17.6 Å². The van der Waals surface area contributed by atoms with Crippen molar-refractivity contribution in [1.29, 1.82) is 0 Å². The molecule has 24 heavy (non-hydrogen) atoms. The van der Waals surface area contributed by atoms with Crippen LogP contribution in [0.25, 0.3) is 0 Å². The highest BCUT2D eigenvalue weighted by Gasteiger charge is 2.21. The first-order chi connectivity index (χ1) is 11.2. The molecule has 128 valence electrons. The minimum atomic E-state index is -3.71. The summed E-state index contributed by atoms with van der Waals surface area (Å²) in [6.45, 7) is 1.31. The molecule has 2 rings (SSSR count). The zero-order valence-corrected chi connectivity index (χ0v) is 14.7. The van der Waals surface area contributed by atoms with Crippen LogP contribution in [0.15, 0.2) is 42.5 Å². The molecule has 1 N–H and O–H groups in total. The van der Waals surface area contributed by atoms with Gasteiger partial charge in [-0.05, 0) is 48.9 Å². The first-order valence-corrected chi connectivity index (χ1v) is 9.19. The van der Waals surface area contributed by atoms with Gasteiger partial charge in [-0.2, -0.15) is 0 Å². The lowest BCUT2D eigenvalue weighted by Gasteiger charge is -2.22. The average molecular weight is 371 g/mol. The Morgan fingerprint density at radius 2 is 1.83 bits per heavy atom. The number of nitrogens with one attached hydrogen (secondary N) is 1. The standard InChI is InChI=1S/C16H16ClFN2O3S/c1-11-14(17)4-3-5-15(11)19-16(21)10-20(24(2,22)23)13-8-6-12(18)7-9-13/h3-9H,10H2,1-2H3,(H,19,21). The van der Waals surface area contributed by atoms with E-state index in [1.165, 1.54) is 12.1 Å². The van der Waals surface area contributed by atoms with Crippen LogP contribution in [-0.2, 0) is 14.8 Å². The number of anilines is 2. The fourth-order valence-electron chi connectivity index (χ4n) is 2.07. The van der Waals surface area contributed by atoms with E-state index < -0.39 is 28.3 Å². The van der Waals surface area contributed by atoms with Crippen molar-refractivity contribution >= 4 is 38.9 Å². The van der Waals surface area contributed by atoms with Crippen molar-refractivity contribution in [3.63, 3.8) is 0 Å². The normalized spacial score (nSPS) is 11.2. The van der Waals surface area contributed by atoms with Gasteiger partial charge in [0.05, 0.1) is 11.9 Å². The Bertz CT molecular complexity index is 854. The fourth-order valence-corrected chi connectivity index (χ4v) is 3.10. The maximum absolute atomic E-state index is 13.0. The summed E-state index contributed by atoms with van der Waals surface area (Å²) in [6, 6.07) is 9.90. The van der Waals surface area contributed by atoms with Crippen LogP contribution in [0.1, 0.15) is 5.56 Å². The largest absolute Gasteiger partial charge is 0.324 e. The SMILES string of the molecule is Cc1c(Cl)cccc1NC(=O)CN(c1ccc(F)cc1)S(C)(=O)=O. The van der Waals surface area contributed by atoms with Gasteiger partial charge in [-0.1, -0.05) is 17.7 Å². The molecular formula is C16H16ClFN2O3S. The van der Waals surface area contributed by atoms with Crippen molar-refractivity contribution in [2.45, 2.75) is 6.92 Å². The second-order valence-electron chi connectivity index (χ2n) is 5.21. The Morgan fingerprint density at radius 1 is 1.21 bits per heavy atom. The van der Waals surface area contributed by atoms with Crippen LogP contribution in [0.3, 0.4) is 0 Å². The maximum Gasteiger partial charge on any atom is 0.245 e. The molecule has 0 aliphatic carbocycles. The lowest BCUT2D eigenvalue weighted by molar-refractivity contribution is -0.114. The highest BCUT2D eigenvalue weighted by Crippen LogP contribution is 2.23. The topological polar surface area (TPSA) is 66.5 Å². The molecule has 0 spiro atoms. The smallest absolute Gasteiger partial charge is 0.245 e. The summed E-state index contributed by atoms with van der Waals surface area (Å²) < 4.78 is 37.8. The number of carbonyl (C=O) groups excluding carboxylic acids is 1. The molecule has 0 aromatic heterocycles. The molecule has 0 bridgehead atoms. The van der Waals surface area contributed by atoms with E-state index in [0.29, 0.717) is 16.3 Å². The lowest BCUT2D eigenvalue weighted by Crippen LogP contribution is -2.37. The second-order valence-corrected chi connectivity index (χ2v) is 7.52. The van der Waals surface area contributed by atoms with Crippen molar-refractivity contribution in [3.05, 3.63) is 58.9 Å². The Labute approximate surface area is 145 Å². The second kappa shape index (κ2) is 7.19. The zero-order valence-electron chi connectivity index (χ0n) is 13.1. The first-order valence-electron chi connectivity index (χ1n) is 6.97. The Balaban J connectivity index is 2.22. The summed E-state index contributed by atoms with van der Waals surface area (Å²) in [5.41, 5.74) is 1.39. The van der Waals surface area contributed by atoms with Crippen LogP contribution in [0.2, 0.25) is 5.02 Å². The molecular weight excluding hydrogens is 355 g/mol. The van der Waals surface area contributed by atoms with Crippen LogP contribution >= 0.6 is 11.6 Å². The molecule has 2 aromatic carbocycles. The number of carbonyl (C=O) groups is 1. The molecule has 0 saturated heterocycles. The number of nitrogens with zero attached hydrogens (tertiary/aromatic N) is 1. The van der Waals surface area contributed by atoms with Gasteiger partial charge in [-0.3, -0.25) is 9.10 Å². The van der Waals surface area contributed by atoms with E-state index in [0.717, 1.165) is 22.7 Å². The molecule has 8 heteroatoms. The monoisotopic (exact) mass is 370 g/mol. The molecule has 2 aromatic rings. The van der Waals surface area contributed by atoms with E-state index in [1.54, 1.807) is 25.1 Å². The van der Waals surface area contributed by atoms with E-state index in [1.807, 2.05) is 0 Å². The molecule has 0 heterocycles. The highest BCUT2D eigenvalue weighted by molar-refractivity contribution is 7.92. The molecule has 1 amide bonds. The van der Waals surface area contributed by atoms with Crippen LogP contribution in [0.5, 0.6) is 0 Å². The number of sulfonamides is 1. The van der Waals surface area contributed by atoms with E-state index in [4.69, 9.17) is 11.6 Å². The summed E-state index contributed by atoms with van der Waals surface area (Å²) in [6.07, 6.45) is 0.980. The molecule has 0 fully saturated rings. The average Bonchev–Trinajstić information content (AvgIpc) is 2.49. The molecule has 5 nitrogen and oxygen atoms in total. The predicted molar refractivity (Wildman–Crippen MR) is 93.4 cm³/mol. The van der Waals surface area contributed by atoms with Crippen molar-refractivity contribution in [1.82, 2.24) is 0 Å². The third kappa shape index (κ3) is 4.46. The van der Waals surface area contributed by atoms with Crippen LogP contribution in [0.4, 0.5) is 15.8 Å². The summed E-state index contributed by atoms with van der Waals surface area (Å²) >= 11 is 5.99. The summed E-state index contributed by atoms with van der Waals surface area (Å²) in [5, 5.41) is 3.12. The van der Waals surface area contributed by atoms with Crippen LogP contribution in [-0.4, -0.2) is 27.1 Å². The van der Waals surface area contributed by atoms with Gasteiger partial charge in [0.15, 0.2) is 0 Å².